The van der Waals surface area contributed by atoms with E-state index in [-0.39, 0.29) is 0 Å². The van der Waals surface area contributed by atoms with Gasteiger partial charge < -0.3 is 15.0 Å². The number of ether oxygens (including phenoxy) is 1. The molecule has 1 atom stereocenters. The normalized spacial score (nSPS) is 21.9. The van der Waals surface area contributed by atoms with Crippen molar-refractivity contribution in [1.82, 2.24) is 20.5 Å². The quantitative estimate of drug-likeness (QED) is 0.803. The second-order valence-electron chi connectivity index (χ2n) is 5.00. The van der Waals surface area contributed by atoms with Gasteiger partial charge in [0.25, 0.3) is 0 Å². The Bertz CT molecular complexity index is 376. The van der Waals surface area contributed by atoms with Crippen molar-refractivity contribution in [2.75, 3.05) is 31.6 Å². The van der Waals surface area contributed by atoms with Crippen LogP contribution in [0, 0.1) is 0 Å². The fourth-order valence-corrected chi connectivity index (χ4v) is 1.87. The molecule has 6 heteroatoms. The van der Waals surface area contributed by atoms with Crippen molar-refractivity contribution in [2.24, 2.45) is 0 Å². The third-order valence-electron chi connectivity index (χ3n) is 3.21. The van der Waals surface area contributed by atoms with E-state index in [0.29, 0.717) is 6.04 Å². The first-order valence-corrected chi connectivity index (χ1v) is 5.99. The number of rotatable bonds is 3. The lowest BCUT2D eigenvalue weighted by molar-refractivity contribution is 0.0118. The summed E-state index contributed by atoms with van der Waals surface area (Å²) in [4.78, 5) is 6.70. The van der Waals surface area contributed by atoms with Crippen molar-refractivity contribution in [3.05, 3.63) is 5.82 Å². The molecule has 2 N–H and O–H groups in total. The van der Waals surface area contributed by atoms with Crippen LogP contribution in [0.15, 0.2) is 0 Å². The van der Waals surface area contributed by atoms with Crippen LogP contribution in [0.4, 0.5) is 5.95 Å². The van der Waals surface area contributed by atoms with Crippen LogP contribution >= 0.6 is 0 Å². The van der Waals surface area contributed by atoms with E-state index in [2.05, 4.69) is 32.3 Å². The van der Waals surface area contributed by atoms with E-state index in [9.17, 15) is 0 Å². The Morgan fingerprint density at radius 3 is 2.88 bits per heavy atom. The van der Waals surface area contributed by atoms with Gasteiger partial charge in [0.1, 0.15) is 5.60 Å². The second-order valence-corrected chi connectivity index (χ2v) is 5.00. The van der Waals surface area contributed by atoms with Gasteiger partial charge in [-0.25, -0.2) is 0 Å². The van der Waals surface area contributed by atoms with E-state index < -0.39 is 5.60 Å². The standard InChI is InChI=1S/C11H21N5O/c1-8-7-16(6-5-12-8)10-13-9(14-15-10)11(2,3)17-4/h8,12H,5-7H2,1-4H3,(H,13,14,15)/t8-/m1/s1. The lowest BCUT2D eigenvalue weighted by Crippen LogP contribution is -2.49. The van der Waals surface area contributed by atoms with Crippen molar-refractivity contribution >= 4 is 5.95 Å². The Morgan fingerprint density at radius 1 is 1.47 bits per heavy atom. The van der Waals surface area contributed by atoms with Gasteiger partial charge in [-0.1, -0.05) is 0 Å². The third kappa shape index (κ3) is 2.58. The average molecular weight is 239 g/mol. The Labute approximate surface area is 102 Å². The van der Waals surface area contributed by atoms with Crippen LogP contribution in [0.5, 0.6) is 0 Å². The molecule has 0 aromatic carbocycles. The predicted octanol–water partition coefficient (Wildman–Crippen LogP) is 0.484. The molecule has 17 heavy (non-hydrogen) atoms. The molecule has 0 unspecified atom stereocenters. The number of aromatic nitrogens is 3. The molecule has 1 aliphatic heterocycles. The minimum absolute atomic E-state index is 0.426. The van der Waals surface area contributed by atoms with E-state index in [1.54, 1.807) is 7.11 Å². The van der Waals surface area contributed by atoms with Gasteiger partial charge in [-0.3, -0.25) is 5.10 Å². The number of H-pyrrole nitrogens is 1. The molecule has 1 saturated heterocycles. The van der Waals surface area contributed by atoms with E-state index in [1.807, 2.05) is 13.8 Å². The minimum atomic E-state index is -0.426. The maximum Gasteiger partial charge on any atom is 0.244 e. The Morgan fingerprint density at radius 2 is 2.24 bits per heavy atom. The highest BCUT2D eigenvalue weighted by molar-refractivity contribution is 5.30. The molecule has 2 heterocycles. The number of anilines is 1. The summed E-state index contributed by atoms with van der Waals surface area (Å²) >= 11 is 0. The maximum absolute atomic E-state index is 5.38. The molecule has 1 aromatic heterocycles. The Balaban J connectivity index is 2.12. The van der Waals surface area contributed by atoms with Gasteiger partial charge in [0.05, 0.1) is 0 Å². The summed E-state index contributed by atoms with van der Waals surface area (Å²) < 4.78 is 5.38. The predicted molar refractivity (Wildman–Crippen MR) is 66.1 cm³/mol. The first-order chi connectivity index (χ1) is 8.03. The molecule has 2 rings (SSSR count). The zero-order valence-corrected chi connectivity index (χ0v) is 10.9. The lowest BCUT2D eigenvalue weighted by atomic mass is 10.1. The Kier molecular flexibility index (Phi) is 3.35. The number of methoxy groups -OCH3 is 1. The zero-order valence-electron chi connectivity index (χ0n) is 10.9. The van der Waals surface area contributed by atoms with Crippen molar-refractivity contribution in [3.8, 4) is 0 Å². The SMILES string of the molecule is COC(C)(C)c1nc(N2CCN[C@H](C)C2)n[nH]1. The molecule has 1 aliphatic rings. The van der Waals surface area contributed by atoms with Gasteiger partial charge in [-0.2, -0.15) is 4.98 Å². The largest absolute Gasteiger partial charge is 0.371 e. The van der Waals surface area contributed by atoms with Gasteiger partial charge in [0.2, 0.25) is 5.95 Å². The number of hydrogen-bond donors (Lipinski definition) is 2. The second kappa shape index (κ2) is 4.62. The third-order valence-corrected chi connectivity index (χ3v) is 3.21. The fourth-order valence-electron chi connectivity index (χ4n) is 1.87. The highest BCUT2D eigenvalue weighted by Gasteiger charge is 2.26. The number of aromatic amines is 1. The number of nitrogens with one attached hydrogen (secondary N) is 2. The minimum Gasteiger partial charge on any atom is -0.371 e. The van der Waals surface area contributed by atoms with Crippen molar-refractivity contribution in [3.63, 3.8) is 0 Å². The first-order valence-electron chi connectivity index (χ1n) is 5.99. The molecule has 0 spiro atoms. The van der Waals surface area contributed by atoms with Gasteiger partial charge >= 0.3 is 0 Å². The van der Waals surface area contributed by atoms with Crippen molar-refractivity contribution in [1.29, 1.82) is 0 Å². The smallest absolute Gasteiger partial charge is 0.244 e. The topological polar surface area (TPSA) is 66.1 Å². The summed E-state index contributed by atoms with van der Waals surface area (Å²) in [6.45, 7) is 8.95. The van der Waals surface area contributed by atoms with E-state index in [4.69, 9.17) is 4.74 Å². The molecular weight excluding hydrogens is 218 g/mol. The summed E-state index contributed by atoms with van der Waals surface area (Å²) in [7, 11) is 1.68. The van der Waals surface area contributed by atoms with Crippen LogP contribution in [0.25, 0.3) is 0 Å². The molecule has 1 fully saturated rings. The molecule has 0 bridgehead atoms. The van der Waals surface area contributed by atoms with Crippen molar-refractivity contribution < 1.29 is 4.74 Å². The van der Waals surface area contributed by atoms with Gasteiger partial charge in [-0.05, 0) is 20.8 Å². The summed E-state index contributed by atoms with van der Waals surface area (Å²) in [6.07, 6.45) is 0. The fraction of sp³-hybridized carbons (Fsp3) is 0.818. The number of piperazine rings is 1. The van der Waals surface area contributed by atoms with Crippen LogP contribution in [0.2, 0.25) is 0 Å². The van der Waals surface area contributed by atoms with Crippen LogP contribution in [0.3, 0.4) is 0 Å². The highest BCUT2D eigenvalue weighted by atomic mass is 16.5. The number of nitrogens with zero attached hydrogens (tertiary/aromatic N) is 3. The summed E-state index contributed by atoms with van der Waals surface area (Å²) in [6, 6.07) is 0.473. The molecule has 0 aliphatic carbocycles. The molecule has 96 valence electrons. The lowest BCUT2D eigenvalue weighted by Gasteiger charge is -2.30. The van der Waals surface area contributed by atoms with Crippen LogP contribution < -0.4 is 10.2 Å². The highest BCUT2D eigenvalue weighted by Crippen LogP contribution is 2.21. The molecular formula is C11H21N5O. The monoisotopic (exact) mass is 239 g/mol. The molecule has 1 aromatic rings. The van der Waals surface area contributed by atoms with Crippen molar-refractivity contribution in [2.45, 2.75) is 32.4 Å². The molecule has 0 radical (unpaired) electrons. The first kappa shape index (κ1) is 12.3. The summed E-state index contributed by atoms with van der Waals surface area (Å²) in [5, 5.41) is 10.6. The maximum atomic E-state index is 5.38. The van der Waals surface area contributed by atoms with Gasteiger partial charge in [-0.15, -0.1) is 5.10 Å². The average Bonchev–Trinajstić information content (AvgIpc) is 2.79. The molecule has 0 amide bonds. The van der Waals surface area contributed by atoms with Gasteiger partial charge in [0, 0.05) is 32.8 Å². The van der Waals surface area contributed by atoms with Crippen LogP contribution in [-0.2, 0) is 10.3 Å². The number of hydrogen-bond acceptors (Lipinski definition) is 5. The van der Waals surface area contributed by atoms with E-state index in [0.717, 1.165) is 31.4 Å². The van der Waals surface area contributed by atoms with E-state index >= 15 is 0 Å². The zero-order chi connectivity index (χ0) is 12.5. The summed E-state index contributed by atoms with van der Waals surface area (Å²) in [5.41, 5.74) is -0.426. The molecule has 6 nitrogen and oxygen atoms in total. The van der Waals surface area contributed by atoms with Crippen LogP contribution in [0.1, 0.15) is 26.6 Å². The van der Waals surface area contributed by atoms with E-state index in [1.165, 1.54) is 0 Å². The van der Waals surface area contributed by atoms with Crippen LogP contribution in [-0.4, -0.2) is 48.0 Å². The molecule has 0 saturated carbocycles. The Hall–Kier alpha value is -1.14. The van der Waals surface area contributed by atoms with Gasteiger partial charge in [0.15, 0.2) is 5.82 Å². The summed E-state index contributed by atoms with van der Waals surface area (Å²) in [5.74, 6) is 1.53.